The van der Waals surface area contributed by atoms with Crippen molar-refractivity contribution in [1.29, 1.82) is 0 Å². The van der Waals surface area contributed by atoms with Gasteiger partial charge in [-0.15, -0.1) is 5.10 Å². The van der Waals surface area contributed by atoms with Crippen molar-refractivity contribution in [2.24, 2.45) is 0 Å². The minimum atomic E-state index is -0.421. The molecule has 1 heterocycles. The van der Waals surface area contributed by atoms with Gasteiger partial charge in [0.25, 0.3) is 0 Å². The van der Waals surface area contributed by atoms with Crippen molar-refractivity contribution in [3.8, 4) is 11.4 Å². The molecule has 0 radical (unpaired) electrons. The van der Waals surface area contributed by atoms with E-state index in [4.69, 9.17) is 16.3 Å². The first-order valence-corrected chi connectivity index (χ1v) is 9.82. The number of ether oxygens (including phenoxy) is 1. The maximum absolute atomic E-state index is 12.6. The SMILES string of the molecule is COc1ccc(NC(=O)[C@@H](C)Sc2nnnn2-c2cc(C)ccc2C)cc1Cl. The fourth-order valence-electron chi connectivity index (χ4n) is 2.55. The second kappa shape index (κ2) is 8.62. The van der Waals surface area contributed by atoms with Crippen LogP contribution < -0.4 is 10.1 Å². The quantitative estimate of drug-likeness (QED) is 0.609. The van der Waals surface area contributed by atoms with Gasteiger partial charge in [0.2, 0.25) is 11.1 Å². The average Bonchev–Trinajstić information content (AvgIpc) is 3.11. The molecule has 2 aromatic carbocycles. The molecule has 1 atom stereocenters. The fraction of sp³-hybridized carbons (Fsp3) is 0.263. The summed E-state index contributed by atoms with van der Waals surface area (Å²) in [7, 11) is 1.54. The number of hydrogen-bond donors (Lipinski definition) is 1. The van der Waals surface area contributed by atoms with Crippen LogP contribution in [0.1, 0.15) is 18.1 Å². The molecule has 1 aromatic heterocycles. The van der Waals surface area contributed by atoms with E-state index in [0.717, 1.165) is 16.8 Å². The molecule has 0 saturated carbocycles. The number of aryl methyl sites for hydroxylation is 2. The van der Waals surface area contributed by atoms with Crippen molar-refractivity contribution in [1.82, 2.24) is 20.2 Å². The van der Waals surface area contributed by atoms with Gasteiger partial charge in [-0.1, -0.05) is 35.5 Å². The number of anilines is 1. The number of tetrazole rings is 1. The Morgan fingerprint density at radius 3 is 2.75 bits per heavy atom. The van der Waals surface area contributed by atoms with Gasteiger partial charge in [0.1, 0.15) is 5.75 Å². The van der Waals surface area contributed by atoms with E-state index < -0.39 is 5.25 Å². The summed E-state index contributed by atoms with van der Waals surface area (Å²) in [6.45, 7) is 5.80. The van der Waals surface area contributed by atoms with Crippen LogP contribution >= 0.6 is 23.4 Å². The maximum Gasteiger partial charge on any atom is 0.237 e. The summed E-state index contributed by atoms with van der Waals surface area (Å²) in [6.07, 6.45) is 0. The number of carbonyl (C=O) groups is 1. The highest BCUT2D eigenvalue weighted by atomic mass is 35.5. The van der Waals surface area contributed by atoms with Crippen LogP contribution in [-0.4, -0.2) is 38.5 Å². The minimum Gasteiger partial charge on any atom is -0.495 e. The van der Waals surface area contributed by atoms with E-state index in [0.29, 0.717) is 21.6 Å². The summed E-state index contributed by atoms with van der Waals surface area (Å²) in [5, 5.41) is 15.3. The molecule has 1 N–H and O–H groups in total. The Kier molecular flexibility index (Phi) is 6.21. The number of thioether (sulfide) groups is 1. The summed E-state index contributed by atoms with van der Waals surface area (Å²) < 4.78 is 6.78. The lowest BCUT2D eigenvalue weighted by Crippen LogP contribution is -2.23. The minimum absolute atomic E-state index is 0.179. The monoisotopic (exact) mass is 417 g/mol. The van der Waals surface area contributed by atoms with E-state index in [-0.39, 0.29) is 5.91 Å². The van der Waals surface area contributed by atoms with E-state index in [9.17, 15) is 4.79 Å². The maximum atomic E-state index is 12.6. The number of benzene rings is 2. The number of halogens is 1. The van der Waals surface area contributed by atoms with Crippen LogP contribution in [0.15, 0.2) is 41.6 Å². The molecule has 9 heteroatoms. The molecule has 0 aliphatic heterocycles. The van der Waals surface area contributed by atoms with Crippen LogP contribution in [0.3, 0.4) is 0 Å². The zero-order valence-corrected chi connectivity index (χ0v) is 17.5. The van der Waals surface area contributed by atoms with E-state index in [1.807, 2.05) is 32.0 Å². The summed E-state index contributed by atoms with van der Waals surface area (Å²) in [6, 6.07) is 11.2. The number of nitrogens with zero attached hydrogens (tertiary/aromatic N) is 4. The van der Waals surface area contributed by atoms with Crippen molar-refractivity contribution < 1.29 is 9.53 Å². The highest BCUT2D eigenvalue weighted by Gasteiger charge is 2.20. The highest BCUT2D eigenvalue weighted by molar-refractivity contribution is 8.00. The lowest BCUT2D eigenvalue weighted by Gasteiger charge is -2.13. The topological polar surface area (TPSA) is 81.9 Å². The highest BCUT2D eigenvalue weighted by Crippen LogP contribution is 2.29. The largest absolute Gasteiger partial charge is 0.495 e. The molecular weight excluding hydrogens is 398 g/mol. The van der Waals surface area contributed by atoms with Gasteiger partial charge in [0.05, 0.1) is 23.1 Å². The van der Waals surface area contributed by atoms with Crippen LogP contribution in [0.5, 0.6) is 5.75 Å². The predicted molar refractivity (Wildman–Crippen MR) is 111 cm³/mol. The molecule has 0 bridgehead atoms. The molecule has 0 saturated heterocycles. The molecule has 0 fully saturated rings. The molecule has 0 aliphatic rings. The van der Waals surface area contributed by atoms with Crippen LogP contribution in [0, 0.1) is 13.8 Å². The second-order valence-corrected chi connectivity index (χ2v) is 7.98. The van der Waals surface area contributed by atoms with E-state index >= 15 is 0 Å². The molecule has 0 aliphatic carbocycles. The number of nitrogens with one attached hydrogen (secondary N) is 1. The molecular formula is C19H20ClN5O2S. The van der Waals surface area contributed by atoms with Crippen molar-refractivity contribution in [3.05, 3.63) is 52.5 Å². The molecule has 7 nitrogen and oxygen atoms in total. The number of rotatable bonds is 6. The zero-order chi connectivity index (χ0) is 20.3. The Labute approximate surface area is 172 Å². The molecule has 28 heavy (non-hydrogen) atoms. The molecule has 1 amide bonds. The Bertz CT molecular complexity index is 1010. The summed E-state index contributed by atoms with van der Waals surface area (Å²) >= 11 is 7.40. The van der Waals surface area contributed by atoms with Gasteiger partial charge >= 0.3 is 0 Å². The van der Waals surface area contributed by atoms with Crippen molar-refractivity contribution in [3.63, 3.8) is 0 Å². The smallest absolute Gasteiger partial charge is 0.237 e. The van der Waals surface area contributed by atoms with Gasteiger partial charge in [-0.3, -0.25) is 4.79 Å². The first kappa shape index (κ1) is 20.2. The summed E-state index contributed by atoms with van der Waals surface area (Å²) in [4.78, 5) is 12.6. The van der Waals surface area contributed by atoms with Gasteiger partial charge in [-0.25, -0.2) is 0 Å². The van der Waals surface area contributed by atoms with Crippen LogP contribution in [-0.2, 0) is 4.79 Å². The third-order valence-corrected chi connectivity index (χ3v) is 5.43. The number of methoxy groups -OCH3 is 1. The lowest BCUT2D eigenvalue weighted by atomic mass is 10.1. The van der Waals surface area contributed by atoms with Crippen LogP contribution in [0.4, 0.5) is 5.69 Å². The average molecular weight is 418 g/mol. The summed E-state index contributed by atoms with van der Waals surface area (Å²) in [5.41, 5.74) is 3.64. The first-order chi connectivity index (χ1) is 13.4. The van der Waals surface area contributed by atoms with Crippen molar-refractivity contribution >= 4 is 35.0 Å². The normalized spacial score (nSPS) is 11.9. The third kappa shape index (κ3) is 4.45. The van der Waals surface area contributed by atoms with Crippen molar-refractivity contribution in [2.45, 2.75) is 31.2 Å². The standard InChI is InChI=1S/C19H20ClN5O2S/c1-11-5-6-12(2)16(9-11)25-19(22-23-24-25)28-13(3)18(26)21-14-7-8-17(27-4)15(20)10-14/h5-10,13H,1-4H3,(H,21,26)/t13-/m1/s1. The second-order valence-electron chi connectivity index (χ2n) is 6.26. The van der Waals surface area contributed by atoms with Gasteiger partial charge in [-0.05, 0) is 66.6 Å². The molecule has 0 spiro atoms. The number of carbonyl (C=O) groups excluding carboxylic acids is 1. The Morgan fingerprint density at radius 1 is 1.25 bits per heavy atom. The lowest BCUT2D eigenvalue weighted by molar-refractivity contribution is -0.115. The van der Waals surface area contributed by atoms with Gasteiger partial charge in [0, 0.05) is 5.69 Å². The number of hydrogen-bond acceptors (Lipinski definition) is 6. The molecule has 3 aromatic rings. The van der Waals surface area contributed by atoms with E-state index in [1.54, 1.807) is 29.8 Å². The van der Waals surface area contributed by atoms with Gasteiger partial charge in [-0.2, -0.15) is 4.68 Å². The van der Waals surface area contributed by atoms with Gasteiger partial charge in [0.15, 0.2) is 0 Å². The van der Waals surface area contributed by atoms with Gasteiger partial charge < -0.3 is 10.1 Å². The molecule has 3 rings (SSSR count). The summed E-state index contributed by atoms with van der Waals surface area (Å²) in [5.74, 6) is 0.372. The Hall–Kier alpha value is -2.58. The third-order valence-electron chi connectivity index (χ3n) is 4.10. The molecule has 0 unspecified atom stereocenters. The number of aromatic nitrogens is 4. The number of amides is 1. The van der Waals surface area contributed by atoms with Crippen LogP contribution in [0.2, 0.25) is 5.02 Å². The van der Waals surface area contributed by atoms with Crippen LogP contribution in [0.25, 0.3) is 5.69 Å². The first-order valence-electron chi connectivity index (χ1n) is 8.56. The predicted octanol–water partition coefficient (Wildman–Crippen LogP) is 4.06. The Balaban J connectivity index is 1.74. The van der Waals surface area contributed by atoms with Crippen molar-refractivity contribution in [2.75, 3.05) is 12.4 Å². The van der Waals surface area contributed by atoms with E-state index in [2.05, 4.69) is 20.8 Å². The Morgan fingerprint density at radius 2 is 2.04 bits per heavy atom. The zero-order valence-electron chi connectivity index (χ0n) is 15.9. The fourth-order valence-corrected chi connectivity index (χ4v) is 3.61. The molecule has 146 valence electrons. The van der Waals surface area contributed by atoms with E-state index in [1.165, 1.54) is 18.9 Å².